The fraction of sp³-hybridized carbons (Fsp3) is 0.368. The molecule has 0 atom stereocenters. The Kier molecular flexibility index (Phi) is 6.39. The van der Waals surface area contributed by atoms with Crippen LogP contribution in [0.25, 0.3) is 5.57 Å². The molecule has 112 valence electrons. The van der Waals surface area contributed by atoms with Crippen LogP contribution in [0.15, 0.2) is 43.0 Å². The molecule has 0 aliphatic carbocycles. The Morgan fingerprint density at radius 2 is 1.90 bits per heavy atom. The van der Waals surface area contributed by atoms with Gasteiger partial charge < -0.3 is 0 Å². The monoisotopic (exact) mass is 285 g/mol. The Balaban J connectivity index is 2.44. The first kappa shape index (κ1) is 17.2. The van der Waals surface area contributed by atoms with Gasteiger partial charge in [-0.1, -0.05) is 36.6 Å². The van der Waals surface area contributed by atoms with Crippen molar-refractivity contribution in [3.05, 3.63) is 54.4 Å². The van der Waals surface area contributed by atoms with Crippen molar-refractivity contribution in [2.45, 2.75) is 20.8 Å². The van der Waals surface area contributed by atoms with Crippen molar-refractivity contribution in [1.29, 1.82) is 0 Å². The van der Waals surface area contributed by atoms with Crippen LogP contribution < -0.4 is 0 Å². The number of likely N-dealkylation sites (N-methyl/N-ethyl adjacent to an activating group) is 1. The second-order valence-electron chi connectivity index (χ2n) is 6.23. The number of hydrogen-bond acceptors (Lipinski definition) is 1. The number of nitrogens with zero attached hydrogens (tertiary/aromatic N) is 1. The van der Waals surface area contributed by atoms with Gasteiger partial charge in [0.05, 0.1) is 0 Å². The van der Waals surface area contributed by atoms with E-state index in [-0.39, 0.29) is 11.2 Å². The minimum atomic E-state index is -0.222. The fourth-order valence-corrected chi connectivity index (χ4v) is 1.72. The molecule has 0 N–H and O–H groups in total. The Bertz CT molecular complexity index is 550. The Hall–Kier alpha value is -1.85. The van der Waals surface area contributed by atoms with E-state index in [1.165, 1.54) is 12.1 Å². The number of halogens is 1. The van der Waals surface area contributed by atoms with Gasteiger partial charge in [-0.2, -0.15) is 0 Å². The summed E-state index contributed by atoms with van der Waals surface area (Å²) in [6.45, 7) is 11.9. The molecule has 2 heteroatoms. The maximum absolute atomic E-state index is 12.9. The zero-order valence-corrected chi connectivity index (χ0v) is 13.4. The van der Waals surface area contributed by atoms with Crippen molar-refractivity contribution in [2.24, 2.45) is 5.41 Å². The number of hydrogen-bond donors (Lipinski definition) is 0. The molecule has 0 amide bonds. The van der Waals surface area contributed by atoms with Crippen molar-refractivity contribution < 1.29 is 4.39 Å². The highest BCUT2D eigenvalue weighted by Gasteiger charge is 2.03. The van der Waals surface area contributed by atoms with E-state index in [4.69, 9.17) is 0 Å². The lowest BCUT2D eigenvalue weighted by Gasteiger charge is -2.16. The molecular weight excluding hydrogens is 261 g/mol. The minimum Gasteiger partial charge on any atom is -0.298 e. The van der Waals surface area contributed by atoms with Gasteiger partial charge in [-0.3, -0.25) is 4.90 Å². The van der Waals surface area contributed by atoms with E-state index in [0.29, 0.717) is 0 Å². The second kappa shape index (κ2) is 7.81. The molecule has 1 aromatic carbocycles. The van der Waals surface area contributed by atoms with Gasteiger partial charge in [-0.15, -0.1) is 0 Å². The fourth-order valence-electron chi connectivity index (χ4n) is 1.72. The summed E-state index contributed by atoms with van der Waals surface area (Å²) < 4.78 is 12.9. The van der Waals surface area contributed by atoms with Crippen LogP contribution in [-0.4, -0.2) is 25.0 Å². The Morgan fingerprint density at radius 3 is 2.48 bits per heavy atom. The van der Waals surface area contributed by atoms with E-state index in [9.17, 15) is 4.39 Å². The highest BCUT2D eigenvalue weighted by molar-refractivity contribution is 5.64. The van der Waals surface area contributed by atoms with Crippen molar-refractivity contribution in [2.75, 3.05) is 20.1 Å². The average Bonchev–Trinajstić information content (AvgIpc) is 2.37. The lowest BCUT2D eigenvalue weighted by atomic mass is 9.98. The first-order valence-corrected chi connectivity index (χ1v) is 7.08. The van der Waals surface area contributed by atoms with Crippen molar-refractivity contribution in [1.82, 2.24) is 4.90 Å². The van der Waals surface area contributed by atoms with Gasteiger partial charge in [0.25, 0.3) is 0 Å². The van der Waals surface area contributed by atoms with E-state index in [1.807, 2.05) is 19.2 Å². The van der Waals surface area contributed by atoms with Gasteiger partial charge in [-0.05, 0) is 57.2 Å². The van der Waals surface area contributed by atoms with Crippen LogP contribution in [0.3, 0.4) is 0 Å². The van der Waals surface area contributed by atoms with Crippen LogP contribution in [0.4, 0.5) is 4.39 Å². The van der Waals surface area contributed by atoms with Crippen LogP contribution in [0, 0.1) is 23.1 Å². The SMILES string of the molecule is C=C(CN(C)C/C=C/C#CC(C)(C)C)c1ccc(F)cc1. The molecule has 0 radical (unpaired) electrons. The van der Waals surface area contributed by atoms with Gasteiger partial charge in [0.15, 0.2) is 0 Å². The van der Waals surface area contributed by atoms with E-state index in [2.05, 4.69) is 44.1 Å². The molecule has 0 spiro atoms. The largest absolute Gasteiger partial charge is 0.298 e. The predicted molar refractivity (Wildman–Crippen MR) is 89.3 cm³/mol. The van der Waals surface area contributed by atoms with Gasteiger partial charge in [-0.25, -0.2) is 4.39 Å². The quantitative estimate of drug-likeness (QED) is 0.726. The summed E-state index contributed by atoms with van der Waals surface area (Å²) in [6, 6.07) is 6.44. The zero-order valence-electron chi connectivity index (χ0n) is 13.4. The highest BCUT2D eigenvalue weighted by Crippen LogP contribution is 2.14. The second-order valence-corrected chi connectivity index (χ2v) is 6.23. The van der Waals surface area contributed by atoms with Gasteiger partial charge in [0.2, 0.25) is 0 Å². The minimum absolute atomic E-state index is 0.0348. The van der Waals surface area contributed by atoms with E-state index in [0.717, 1.165) is 24.2 Å². The van der Waals surface area contributed by atoms with Crippen molar-refractivity contribution in [3.63, 3.8) is 0 Å². The summed E-state index contributed by atoms with van der Waals surface area (Å²) in [4.78, 5) is 2.14. The van der Waals surface area contributed by atoms with E-state index in [1.54, 1.807) is 12.1 Å². The molecule has 0 aromatic heterocycles. The molecule has 1 aromatic rings. The van der Waals surface area contributed by atoms with Crippen LogP contribution in [-0.2, 0) is 0 Å². The number of rotatable bonds is 5. The van der Waals surface area contributed by atoms with Crippen molar-refractivity contribution in [3.8, 4) is 11.8 Å². The van der Waals surface area contributed by atoms with E-state index < -0.39 is 0 Å². The first-order valence-electron chi connectivity index (χ1n) is 7.08. The highest BCUT2D eigenvalue weighted by atomic mass is 19.1. The summed E-state index contributed by atoms with van der Waals surface area (Å²) in [6.07, 6.45) is 3.93. The Labute approximate surface area is 128 Å². The summed E-state index contributed by atoms with van der Waals surface area (Å²) in [7, 11) is 2.02. The molecule has 0 bridgehead atoms. The molecule has 0 saturated carbocycles. The number of benzene rings is 1. The zero-order chi connectivity index (χ0) is 15.9. The normalized spacial score (nSPS) is 11.5. The molecule has 0 unspecified atom stereocenters. The molecule has 0 fully saturated rings. The Morgan fingerprint density at radius 1 is 1.29 bits per heavy atom. The summed E-state index contributed by atoms with van der Waals surface area (Å²) in [5.74, 6) is 5.99. The average molecular weight is 285 g/mol. The standard InChI is InChI=1S/C19H24FN/c1-16(17-9-11-18(20)12-10-17)15-21(5)14-8-6-7-13-19(2,3)4/h6,8-12H,1,14-15H2,2-5H3/b8-6+. The third kappa shape index (κ3) is 7.48. The summed E-state index contributed by atoms with van der Waals surface area (Å²) in [5, 5.41) is 0. The molecule has 1 rings (SSSR count). The van der Waals surface area contributed by atoms with Crippen molar-refractivity contribution >= 4 is 5.57 Å². The third-order valence-corrected chi connectivity index (χ3v) is 2.78. The topological polar surface area (TPSA) is 3.24 Å². The van der Waals surface area contributed by atoms with E-state index >= 15 is 0 Å². The lowest BCUT2D eigenvalue weighted by Crippen LogP contribution is -2.20. The smallest absolute Gasteiger partial charge is 0.123 e. The maximum atomic E-state index is 12.9. The maximum Gasteiger partial charge on any atom is 0.123 e. The number of allylic oxidation sites excluding steroid dienone is 1. The van der Waals surface area contributed by atoms with Gasteiger partial charge >= 0.3 is 0 Å². The summed E-state index contributed by atoms with van der Waals surface area (Å²) in [5.41, 5.74) is 1.99. The molecule has 21 heavy (non-hydrogen) atoms. The molecule has 0 aliphatic rings. The third-order valence-electron chi connectivity index (χ3n) is 2.78. The molecule has 0 saturated heterocycles. The first-order chi connectivity index (χ1) is 9.78. The van der Waals surface area contributed by atoms with Crippen LogP contribution >= 0.6 is 0 Å². The lowest BCUT2D eigenvalue weighted by molar-refractivity contribution is 0.419. The van der Waals surface area contributed by atoms with Crippen LogP contribution in [0.1, 0.15) is 26.3 Å². The molecule has 0 aliphatic heterocycles. The molecule has 0 heterocycles. The summed E-state index contributed by atoms with van der Waals surface area (Å²) >= 11 is 0. The van der Waals surface area contributed by atoms with Crippen LogP contribution in [0.2, 0.25) is 0 Å². The van der Waals surface area contributed by atoms with Gasteiger partial charge in [0.1, 0.15) is 5.82 Å². The van der Waals surface area contributed by atoms with Gasteiger partial charge in [0, 0.05) is 18.5 Å². The molecular formula is C19H24FN. The predicted octanol–water partition coefficient (Wildman–Crippen LogP) is 4.38. The van der Waals surface area contributed by atoms with Crippen LogP contribution in [0.5, 0.6) is 0 Å². The molecule has 1 nitrogen and oxygen atoms in total.